The molecule has 2 aromatic heterocycles. The number of methoxy groups -OCH3 is 1. The van der Waals surface area contributed by atoms with Crippen molar-refractivity contribution in [1.29, 1.82) is 0 Å². The van der Waals surface area contributed by atoms with Crippen LogP contribution in [0.15, 0.2) is 59.8 Å². The molecule has 0 saturated heterocycles. The summed E-state index contributed by atoms with van der Waals surface area (Å²) in [4.78, 5) is 9.10. The van der Waals surface area contributed by atoms with Crippen LogP contribution >= 0.6 is 0 Å². The van der Waals surface area contributed by atoms with E-state index in [0.29, 0.717) is 23.8 Å². The molecule has 2 aromatic carbocycles. The average Bonchev–Trinajstić information content (AvgIpc) is 3.08. The number of aromatic nitrogens is 3. The van der Waals surface area contributed by atoms with E-state index in [4.69, 9.17) is 9.88 Å². The van der Waals surface area contributed by atoms with Gasteiger partial charge in [0.15, 0.2) is 23.0 Å². The lowest BCUT2D eigenvalue weighted by Gasteiger charge is -2.10. The molecular weight excluding hydrogens is 418 g/mol. The molecule has 0 spiro atoms. The first kappa shape index (κ1) is 20.6. The predicted molar refractivity (Wildman–Crippen MR) is 117 cm³/mol. The van der Waals surface area contributed by atoms with Crippen LogP contribution in [-0.2, 0) is 16.6 Å². The number of fused-ring (bicyclic) bond motifs is 1. The highest BCUT2D eigenvalue weighted by molar-refractivity contribution is 7.89. The minimum atomic E-state index is -3.77. The van der Waals surface area contributed by atoms with E-state index in [-0.39, 0.29) is 10.6 Å². The van der Waals surface area contributed by atoms with Crippen molar-refractivity contribution < 1.29 is 18.3 Å². The zero-order chi connectivity index (χ0) is 22.2. The van der Waals surface area contributed by atoms with Gasteiger partial charge in [-0.25, -0.2) is 23.5 Å². The van der Waals surface area contributed by atoms with Gasteiger partial charge in [0.2, 0.25) is 10.0 Å². The maximum Gasteiger partial charge on any atom is 0.238 e. The lowest BCUT2D eigenvalue weighted by atomic mass is 10.1. The number of benzene rings is 2. The van der Waals surface area contributed by atoms with Crippen LogP contribution in [0.3, 0.4) is 0 Å². The number of aryl methyl sites for hydroxylation is 1. The SMILES string of the molecule is COc1cc(-c2c(C)nc3c(NCc4cccc(S(N)(=O)=O)c4)nccn23)ccc1O. The van der Waals surface area contributed by atoms with E-state index in [1.54, 1.807) is 42.7 Å². The van der Waals surface area contributed by atoms with Gasteiger partial charge in [0.05, 0.1) is 23.4 Å². The smallest absolute Gasteiger partial charge is 0.238 e. The maximum atomic E-state index is 11.6. The van der Waals surface area contributed by atoms with Gasteiger partial charge in [-0.2, -0.15) is 0 Å². The highest BCUT2D eigenvalue weighted by Gasteiger charge is 2.16. The molecule has 0 radical (unpaired) electrons. The van der Waals surface area contributed by atoms with Gasteiger partial charge in [0, 0.05) is 24.5 Å². The lowest BCUT2D eigenvalue weighted by molar-refractivity contribution is 0.373. The number of phenols is 1. The Hall–Kier alpha value is -3.63. The molecule has 31 heavy (non-hydrogen) atoms. The molecule has 0 bridgehead atoms. The third-order valence-corrected chi connectivity index (χ3v) is 5.77. The first-order valence-corrected chi connectivity index (χ1v) is 10.9. The van der Waals surface area contributed by atoms with E-state index in [1.807, 2.05) is 11.3 Å². The lowest BCUT2D eigenvalue weighted by Crippen LogP contribution is -2.12. The molecule has 0 saturated carbocycles. The molecule has 0 aliphatic heterocycles. The van der Waals surface area contributed by atoms with Crippen LogP contribution < -0.4 is 15.2 Å². The summed E-state index contributed by atoms with van der Waals surface area (Å²) in [5.74, 6) is 0.973. The zero-order valence-corrected chi connectivity index (χ0v) is 17.7. The summed E-state index contributed by atoms with van der Waals surface area (Å²) in [7, 11) is -2.28. The number of anilines is 1. The van der Waals surface area contributed by atoms with E-state index < -0.39 is 10.0 Å². The molecule has 0 atom stereocenters. The van der Waals surface area contributed by atoms with Crippen molar-refractivity contribution >= 4 is 21.5 Å². The van der Waals surface area contributed by atoms with Crippen molar-refractivity contribution in [2.75, 3.05) is 12.4 Å². The van der Waals surface area contributed by atoms with Gasteiger partial charge >= 0.3 is 0 Å². The second kappa shape index (κ2) is 7.89. The zero-order valence-electron chi connectivity index (χ0n) is 16.9. The highest BCUT2D eigenvalue weighted by Crippen LogP contribution is 2.34. The number of primary sulfonamides is 1. The van der Waals surface area contributed by atoms with E-state index in [1.165, 1.54) is 19.2 Å². The van der Waals surface area contributed by atoms with Gasteiger partial charge in [-0.05, 0) is 42.8 Å². The Balaban J connectivity index is 1.69. The minimum absolute atomic E-state index is 0.0539. The monoisotopic (exact) mass is 439 g/mol. The number of hydrogen-bond acceptors (Lipinski definition) is 7. The molecule has 0 aliphatic carbocycles. The standard InChI is InChI=1S/C21H21N5O4S/c1-13-19(15-6-7-17(27)18(11-15)30-2)26-9-8-23-20(21(26)25-13)24-12-14-4-3-5-16(10-14)31(22,28)29/h3-11,27H,12H2,1-2H3,(H,23,24)(H2,22,28,29). The number of nitrogens with one attached hydrogen (secondary N) is 1. The fraction of sp³-hybridized carbons (Fsp3) is 0.143. The fourth-order valence-corrected chi connectivity index (χ4v) is 3.99. The maximum absolute atomic E-state index is 11.6. The molecular formula is C21H21N5O4S. The number of sulfonamides is 1. The Bertz CT molecular complexity index is 1380. The van der Waals surface area contributed by atoms with Crippen molar-refractivity contribution in [2.24, 2.45) is 5.14 Å². The quantitative estimate of drug-likeness (QED) is 0.421. The Kier molecular flexibility index (Phi) is 5.25. The first-order chi connectivity index (χ1) is 14.8. The van der Waals surface area contributed by atoms with Crippen molar-refractivity contribution in [3.8, 4) is 22.8 Å². The van der Waals surface area contributed by atoms with Crippen molar-refractivity contribution in [3.05, 3.63) is 66.1 Å². The molecule has 0 aliphatic rings. The number of nitrogens with zero attached hydrogens (tertiary/aromatic N) is 3. The molecule has 10 heteroatoms. The van der Waals surface area contributed by atoms with Gasteiger partial charge in [0.25, 0.3) is 0 Å². The Morgan fingerprint density at radius 3 is 2.77 bits per heavy atom. The Morgan fingerprint density at radius 2 is 2.03 bits per heavy atom. The Labute approximate surface area is 179 Å². The molecule has 0 fully saturated rings. The number of phenolic OH excluding ortho intramolecular Hbond substituents is 1. The molecule has 0 unspecified atom stereocenters. The molecule has 0 amide bonds. The normalized spacial score (nSPS) is 11.6. The van der Waals surface area contributed by atoms with Gasteiger partial charge in [-0.3, -0.25) is 4.40 Å². The topological polar surface area (TPSA) is 132 Å². The number of aromatic hydroxyl groups is 1. The highest BCUT2D eigenvalue weighted by atomic mass is 32.2. The summed E-state index contributed by atoms with van der Waals surface area (Å²) in [6.45, 7) is 2.23. The van der Waals surface area contributed by atoms with Crippen LogP contribution in [0.4, 0.5) is 5.82 Å². The Morgan fingerprint density at radius 1 is 1.23 bits per heavy atom. The summed E-state index contributed by atoms with van der Waals surface area (Å²) < 4.78 is 30.3. The van der Waals surface area contributed by atoms with E-state index in [9.17, 15) is 13.5 Å². The predicted octanol–water partition coefficient (Wildman–Crippen LogP) is 2.68. The number of ether oxygens (including phenoxy) is 1. The second-order valence-electron chi connectivity index (χ2n) is 6.95. The summed E-state index contributed by atoms with van der Waals surface area (Å²) >= 11 is 0. The molecule has 2 heterocycles. The molecule has 4 rings (SSSR count). The van der Waals surface area contributed by atoms with Crippen LogP contribution in [0.1, 0.15) is 11.3 Å². The van der Waals surface area contributed by atoms with Crippen LogP contribution in [-0.4, -0.2) is 35.0 Å². The average molecular weight is 439 g/mol. The number of rotatable bonds is 6. The van der Waals surface area contributed by atoms with Gasteiger partial charge < -0.3 is 15.2 Å². The fourth-order valence-electron chi connectivity index (χ4n) is 3.41. The number of hydrogen-bond donors (Lipinski definition) is 3. The van der Waals surface area contributed by atoms with E-state index >= 15 is 0 Å². The summed E-state index contributed by atoms with van der Waals surface area (Å²) in [5.41, 5.74) is 3.80. The molecule has 4 aromatic rings. The molecule has 9 nitrogen and oxygen atoms in total. The van der Waals surface area contributed by atoms with Crippen LogP contribution in [0.5, 0.6) is 11.5 Å². The van der Waals surface area contributed by atoms with Crippen molar-refractivity contribution in [1.82, 2.24) is 14.4 Å². The summed E-state index contributed by atoms with van der Waals surface area (Å²) in [6.07, 6.45) is 3.45. The number of nitrogens with two attached hydrogens (primary N) is 1. The summed E-state index contributed by atoms with van der Waals surface area (Å²) in [6, 6.07) is 11.5. The molecule has 4 N–H and O–H groups in total. The number of imidazole rings is 1. The summed E-state index contributed by atoms with van der Waals surface area (Å²) in [5, 5.41) is 18.3. The van der Waals surface area contributed by atoms with Crippen molar-refractivity contribution in [3.63, 3.8) is 0 Å². The van der Waals surface area contributed by atoms with E-state index in [2.05, 4.69) is 15.3 Å². The minimum Gasteiger partial charge on any atom is -0.504 e. The van der Waals surface area contributed by atoms with Crippen LogP contribution in [0.25, 0.3) is 16.9 Å². The third-order valence-electron chi connectivity index (χ3n) is 4.86. The van der Waals surface area contributed by atoms with E-state index in [0.717, 1.165) is 22.5 Å². The van der Waals surface area contributed by atoms with Gasteiger partial charge in [-0.1, -0.05) is 12.1 Å². The first-order valence-electron chi connectivity index (χ1n) is 9.34. The second-order valence-corrected chi connectivity index (χ2v) is 8.51. The van der Waals surface area contributed by atoms with Gasteiger partial charge in [0.1, 0.15) is 0 Å². The third kappa shape index (κ3) is 4.03. The van der Waals surface area contributed by atoms with Crippen LogP contribution in [0, 0.1) is 6.92 Å². The largest absolute Gasteiger partial charge is 0.504 e. The van der Waals surface area contributed by atoms with Crippen LogP contribution in [0.2, 0.25) is 0 Å². The van der Waals surface area contributed by atoms with Gasteiger partial charge in [-0.15, -0.1) is 0 Å². The van der Waals surface area contributed by atoms with Crippen molar-refractivity contribution in [2.45, 2.75) is 18.4 Å². The molecule has 160 valence electrons.